The Hall–Kier alpha value is -3.41. The van der Waals surface area contributed by atoms with E-state index in [-0.39, 0.29) is 5.91 Å². The van der Waals surface area contributed by atoms with E-state index in [9.17, 15) is 4.79 Å². The summed E-state index contributed by atoms with van der Waals surface area (Å²) in [5.41, 5.74) is 1.93. The summed E-state index contributed by atoms with van der Waals surface area (Å²) in [4.78, 5) is 16.4. The first-order valence-electron chi connectivity index (χ1n) is 7.37. The fourth-order valence-electron chi connectivity index (χ4n) is 2.16. The highest BCUT2D eigenvalue weighted by molar-refractivity contribution is 6.05. The second-order valence-electron chi connectivity index (χ2n) is 4.94. The van der Waals surface area contributed by atoms with E-state index in [1.807, 2.05) is 24.3 Å². The van der Waals surface area contributed by atoms with Crippen LogP contribution in [0.4, 0.5) is 5.69 Å². The Bertz CT molecular complexity index is 826. The van der Waals surface area contributed by atoms with Gasteiger partial charge in [-0.2, -0.15) is 5.10 Å². The van der Waals surface area contributed by atoms with Crippen molar-refractivity contribution in [2.75, 3.05) is 11.9 Å². The summed E-state index contributed by atoms with van der Waals surface area (Å²) in [6, 6.07) is 14.3. The summed E-state index contributed by atoms with van der Waals surface area (Å²) in [7, 11) is 0. The zero-order valence-electron chi connectivity index (χ0n) is 12.9. The third-order valence-corrected chi connectivity index (χ3v) is 3.30. The van der Waals surface area contributed by atoms with Gasteiger partial charge in [-0.3, -0.25) is 4.79 Å². The molecule has 1 amide bonds. The average molecular weight is 320 g/mol. The van der Waals surface area contributed by atoms with E-state index >= 15 is 0 Å². The zero-order valence-corrected chi connectivity index (χ0v) is 12.9. The highest BCUT2D eigenvalue weighted by Gasteiger charge is 2.10. The molecule has 1 heterocycles. The van der Waals surface area contributed by atoms with Crippen molar-refractivity contribution in [3.8, 4) is 11.4 Å². The van der Waals surface area contributed by atoms with Gasteiger partial charge in [0, 0.05) is 5.56 Å². The Morgan fingerprint density at radius 2 is 2.00 bits per heavy atom. The summed E-state index contributed by atoms with van der Waals surface area (Å²) in [6.45, 7) is 4.02. The monoisotopic (exact) mass is 320 g/mol. The summed E-state index contributed by atoms with van der Waals surface area (Å²) in [5, 5.41) is 6.99. The van der Waals surface area contributed by atoms with Gasteiger partial charge in [-0.1, -0.05) is 24.8 Å². The first-order chi connectivity index (χ1) is 11.8. The van der Waals surface area contributed by atoms with Gasteiger partial charge in [-0.05, 0) is 36.4 Å². The molecule has 0 aliphatic rings. The van der Waals surface area contributed by atoms with Gasteiger partial charge in [0.2, 0.25) is 0 Å². The fraction of sp³-hybridized carbons (Fsp3) is 0.0556. The number of nitrogens with zero attached hydrogens (tertiary/aromatic N) is 3. The summed E-state index contributed by atoms with van der Waals surface area (Å²) >= 11 is 0. The van der Waals surface area contributed by atoms with Crippen LogP contribution in [0, 0.1) is 0 Å². The van der Waals surface area contributed by atoms with Gasteiger partial charge in [0.25, 0.3) is 5.91 Å². The molecular formula is C18H16N4O2. The van der Waals surface area contributed by atoms with Crippen molar-refractivity contribution >= 4 is 11.6 Å². The molecule has 6 nitrogen and oxygen atoms in total. The van der Waals surface area contributed by atoms with Crippen LogP contribution in [0.5, 0.6) is 5.75 Å². The van der Waals surface area contributed by atoms with Crippen LogP contribution in [0.25, 0.3) is 5.69 Å². The van der Waals surface area contributed by atoms with Crippen molar-refractivity contribution in [1.29, 1.82) is 0 Å². The molecule has 0 unspecified atom stereocenters. The highest BCUT2D eigenvalue weighted by Crippen LogP contribution is 2.20. The van der Waals surface area contributed by atoms with E-state index < -0.39 is 0 Å². The number of para-hydroxylation sites is 2. The normalized spacial score (nSPS) is 10.2. The minimum Gasteiger partial charge on any atom is -0.490 e. The molecule has 120 valence electrons. The highest BCUT2D eigenvalue weighted by atomic mass is 16.5. The standard InChI is InChI=1S/C18H16N4O2/c1-2-11-24-15-9-7-14(8-10-15)18(23)21-16-5-3-4-6-17(16)22-13-19-12-20-22/h2-10,12-13H,1,11H2,(H,21,23). The molecule has 0 spiro atoms. The molecule has 1 aromatic heterocycles. The number of anilines is 1. The molecule has 0 saturated carbocycles. The van der Waals surface area contributed by atoms with Gasteiger partial charge in [0.1, 0.15) is 25.0 Å². The van der Waals surface area contributed by atoms with Crippen molar-refractivity contribution in [1.82, 2.24) is 14.8 Å². The third kappa shape index (κ3) is 3.49. The topological polar surface area (TPSA) is 69.0 Å². The quantitative estimate of drug-likeness (QED) is 0.709. The number of nitrogens with one attached hydrogen (secondary N) is 1. The van der Waals surface area contributed by atoms with Crippen LogP contribution in [0.15, 0.2) is 73.8 Å². The number of carbonyl (C=O) groups excluding carboxylic acids is 1. The maximum atomic E-state index is 12.4. The van der Waals surface area contributed by atoms with Crippen LogP contribution in [-0.2, 0) is 0 Å². The van der Waals surface area contributed by atoms with Crippen molar-refractivity contribution in [2.24, 2.45) is 0 Å². The lowest BCUT2D eigenvalue weighted by Gasteiger charge is -2.11. The van der Waals surface area contributed by atoms with Crippen LogP contribution in [0.1, 0.15) is 10.4 Å². The van der Waals surface area contributed by atoms with Gasteiger partial charge in [-0.25, -0.2) is 9.67 Å². The third-order valence-electron chi connectivity index (χ3n) is 3.30. The van der Waals surface area contributed by atoms with Crippen molar-refractivity contribution in [3.05, 3.63) is 79.4 Å². The smallest absolute Gasteiger partial charge is 0.255 e. The molecule has 6 heteroatoms. The van der Waals surface area contributed by atoms with Crippen LogP contribution in [0.2, 0.25) is 0 Å². The minimum absolute atomic E-state index is 0.210. The largest absolute Gasteiger partial charge is 0.490 e. The van der Waals surface area contributed by atoms with E-state index in [0.29, 0.717) is 23.6 Å². The van der Waals surface area contributed by atoms with E-state index in [1.54, 1.807) is 41.4 Å². The predicted octanol–water partition coefficient (Wildman–Crippen LogP) is 3.08. The summed E-state index contributed by atoms with van der Waals surface area (Å²) < 4.78 is 7.01. The van der Waals surface area contributed by atoms with Gasteiger partial charge in [0.05, 0.1) is 11.4 Å². The molecule has 0 fully saturated rings. The number of aromatic nitrogens is 3. The lowest BCUT2D eigenvalue weighted by molar-refractivity contribution is 0.102. The molecule has 0 atom stereocenters. The Morgan fingerprint density at radius 1 is 1.21 bits per heavy atom. The van der Waals surface area contributed by atoms with Crippen LogP contribution >= 0.6 is 0 Å². The Morgan fingerprint density at radius 3 is 2.71 bits per heavy atom. The number of rotatable bonds is 6. The number of hydrogen-bond acceptors (Lipinski definition) is 4. The lowest BCUT2D eigenvalue weighted by Crippen LogP contribution is -2.14. The molecule has 3 rings (SSSR count). The van der Waals surface area contributed by atoms with E-state index in [1.165, 1.54) is 6.33 Å². The molecule has 0 saturated heterocycles. The van der Waals surface area contributed by atoms with Crippen molar-refractivity contribution < 1.29 is 9.53 Å². The summed E-state index contributed by atoms with van der Waals surface area (Å²) in [5.74, 6) is 0.479. The van der Waals surface area contributed by atoms with Crippen molar-refractivity contribution in [2.45, 2.75) is 0 Å². The number of hydrogen-bond donors (Lipinski definition) is 1. The van der Waals surface area contributed by atoms with E-state index in [0.717, 1.165) is 5.69 Å². The summed E-state index contributed by atoms with van der Waals surface area (Å²) in [6.07, 6.45) is 4.69. The van der Waals surface area contributed by atoms with Gasteiger partial charge in [0.15, 0.2) is 0 Å². The molecule has 1 N–H and O–H groups in total. The average Bonchev–Trinajstić information content (AvgIpc) is 3.15. The molecule has 24 heavy (non-hydrogen) atoms. The van der Waals surface area contributed by atoms with Gasteiger partial charge >= 0.3 is 0 Å². The van der Waals surface area contributed by atoms with E-state index in [2.05, 4.69) is 22.0 Å². The second-order valence-corrected chi connectivity index (χ2v) is 4.94. The minimum atomic E-state index is -0.210. The number of ether oxygens (including phenoxy) is 1. The molecular weight excluding hydrogens is 304 g/mol. The molecule has 3 aromatic rings. The predicted molar refractivity (Wildman–Crippen MR) is 91.4 cm³/mol. The number of amides is 1. The molecule has 0 aliphatic carbocycles. The van der Waals surface area contributed by atoms with Crippen LogP contribution in [0.3, 0.4) is 0 Å². The SMILES string of the molecule is C=CCOc1ccc(C(=O)Nc2ccccc2-n2cncn2)cc1. The molecule has 0 bridgehead atoms. The number of benzene rings is 2. The van der Waals surface area contributed by atoms with Crippen LogP contribution in [-0.4, -0.2) is 27.3 Å². The second kappa shape index (κ2) is 7.23. The maximum absolute atomic E-state index is 12.4. The molecule has 2 aromatic carbocycles. The first kappa shape index (κ1) is 15.5. The van der Waals surface area contributed by atoms with Crippen molar-refractivity contribution in [3.63, 3.8) is 0 Å². The maximum Gasteiger partial charge on any atom is 0.255 e. The van der Waals surface area contributed by atoms with E-state index in [4.69, 9.17) is 4.74 Å². The lowest BCUT2D eigenvalue weighted by atomic mass is 10.2. The van der Waals surface area contributed by atoms with Gasteiger partial charge in [-0.15, -0.1) is 0 Å². The number of carbonyl (C=O) groups is 1. The van der Waals surface area contributed by atoms with Gasteiger partial charge < -0.3 is 10.1 Å². The first-order valence-corrected chi connectivity index (χ1v) is 7.37. The Labute approximate surface area is 139 Å². The molecule has 0 radical (unpaired) electrons. The Balaban J connectivity index is 1.77. The molecule has 0 aliphatic heterocycles. The fourth-order valence-corrected chi connectivity index (χ4v) is 2.16. The zero-order chi connectivity index (χ0) is 16.8. The Kier molecular flexibility index (Phi) is 4.67. The van der Waals surface area contributed by atoms with Crippen LogP contribution < -0.4 is 10.1 Å².